The number of nitrogens with zero attached hydrogens (tertiary/aromatic N) is 2. The second-order valence-electron chi connectivity index (χ2n) is 5.09. The van der Waals surface area contributed by atoms with Gasteiger partial charge >= 0.3 is 0 Å². The lowest BCUT2D eigenvalue weighted by Gasteiger charge is -2.20. The largest absolute Gasteiger partial charge is 0.261 e. The summed E-state index contributed by atoms with van der Waals surface area (Å²) in [4.78, 5) is 4.45. The van der Waals surface area contributed by atoms with Crippen LogP contribution in [0.25, 0.3) is 11.0 Å². The lowest BCUT2D eigenvalue weighted by atomic mass is 9.85. The predicted molar refractivity (Wildman–Crippen MR) is 62.1 cm³/mol. The van der Waals surface area contributed by atoms with Gasteiger partial charge in [-0.15, -0.1) is 0 Å². The van der Waals surface area contributed by atoms with E-state index in [9.17, 15) is 0 Å². The highest BCUT2D eigenvalue weighted by atomic mass is 15.1. The Labute approximate surface area is 89.9 Å². The number of aryl methyl sites for hydroxylation is 2. The number of hydrogen-bond acceptors (Lipinski definition) is 2. The molecule has 1 N–H and O–H groups in total. The lowest BCUT2D eigenvalue weighted by Crippen LogP contribution is -2.12. The number of fused-ring (bicyclic) bond motifs is 1. The summed E-state index contributed by atoms with van der Waals surface area (Å²) < 4.78 is 0. The van der Waals surface area contributed by atoms with Gasteiger partial charge in [-0.05, 0) is 30.9 Å². The Morgan fingerprint density at radius 1 is 1.20 bits per heavy atom. The van der Waals surface area contributed by atoms with Gasteiger partial charge in [-0.2, -0.15) is 5.10 Å². The van der Waals surface area contributed by atoms with Gasteiger partial charge in [-0.3, -0.25) is 5.10 Å². The van der Waals surface area contributed by atoms with Crippen LogP contribution in [0.2, 0.25) is 0 Å². The van der Waals surface area contributed by atoms with E-state index in [1.165, 1.54) is 10.9 Å². The van der Waals surface area contributed by atoms with Gasteiger partial charge in [0.25, 0.3) is 0 Å². The van der Waals surface area contributed by atoms with Crippen molar-refractivity contribution in [2.24, 2.45) is 0 Å². The number of aromatic amines is 1. The van der Waals surface area contributed by atoms with E-state index in [0.29, 0.717) is 0 Å². The molecule has 80 valence electrons. The van der Waals surface area contributed by atoms with Gasteiger partial charge in [0.1, 0.15) is 0 Å². The standard InChI is InChI=1S/C12H17N3/c1-7-6-9(12(3,4)5)10-8(2)14-15-11(10)13-7/h6H,1-5H3,(H,13,14,15). The van der Waals surface area contributed by atoms with Crippen molar-refractivity contribution in [3.63, 3.8) is 0 Å². The maximum atomic E-state index is 4.45. The molecule has 0 amide bonds. The molecule has 0 spiro atoms. The maximum absolute atomic E-state index is 4.45. The minimum atomic E-state index is 0.126. The zero-order valence-corrected chi connectivity index (χ0v) is 9.97. The minimum absolute atomic E-state index is 0.126. The first kappa shape index (κ1) is 10.1. The van der Waals surface area contributed by atoms with Crippen molar-refractivity contribution in [3.8, 4) is 0 Å². The number of hydrogen-bond donors (Lipinski definition) is 1. The zero-order chi connectivity index (χ0) is 11.2. The molecule has 3 nitrogen and oxygen atoms in total. The fourth-order valence-electron chi connectivity index (χ4n) is 1.90. The van der Waals surface area contributed by atoms with Gasteiger partial charge in [-0.25, -0.2) is 4.98 Å². The second kappa shape index (κ2) is 3.05. The maximum Gasteiger partial charge on any atom is 0.155 e. The fourth-order valence-corrected chi connectivity index (χ4v) is 1.90. The average Bonchev–Trinajstić information content (AvgIpc) is 2.44. The smallest absolute Gasteiger partial charge is 0.155 e. The van der Waals surface area contributed by atoms with Crippen molar-refractivity contribution in [1.29, 1.82) is 0 Å². The molecule has 0 aliphatic heterocycles. The zero-order valence-electron chi connectivity index (χ0n) is 9.97. The highest BCUT2D eigenvalue weighted by Gasteiger charge is 2.20. The van der Waals surface area contributed by atoms with Crippen LogP contribution in [-0.4, -0.2) is 15.2 Å². The average molecular weight is 203 g/mol. The summed E-state index contributed by atoms with van der Waals surface area (Å²) in [6.45, 7) is 10.7. The van der Waals surface area contributed by atoms with Crippen molar-refractivity contribution in [2.45, 2.75) is 40.0 Å². The molecule has 15 heavy (non-hydrogen) atoms. The first-order valence-corrected chi connectivity index (χ1v) is 5.22. The van der Waals surface area contributed by atoms with Crippen LogP contribution in [0, 0.1) is 13.8 Å². The van der Waals surface area contributed by atoms with E-state index in [1.54, 1.807) is 0 Å². The van der Waals surface area contributed by atoms with Crippen molar-refractivity contribution in [3.05, 3.63) is 23.0 Å². The molecule has 2 rings (SSSR count). The predicted octanol–water partition coefficient (Wildman–Crippen LogP) is 2.87. The van der Waals surface area contributed by atoms with Crippen molar-refractivity contribution in [2.75, 3.05) is 0 Å². The molecule has 2 aromatic heterocycles. The molecule has 0 saturated heterocycles. The Bertz CT molecular complexity index is 503. The van der Waals surface area contributed by atoms with Gasteiger partial charge in [0.2, 0.25) is 0 Å². The highest BCUT2D eigenvalue weighted by Crippen LogP contribution is 2.30. The molecule has 0 atom stereocenters. The van der Waals surface area contributed by atoms with Gasteiger partial charge in [0.15, 0.2) is 5.65 Å². The van der Waals surface area contributed by atoms with E-state index in [4.69, 9.17) is 0 Å². The molecule has 2 aromatic rings. The Morgan fingerprint density at radius 3 is 2.47 bits per heavy atom. The molecule has 3 heteroatoms. The van der Waals surface area contributed by atoms with Crippen molar-refractivity contribution >= 4 is 11.0 Å². The second-order valence-corrected chi connectivity index (χ2v) is 5.09. The molecular weight excluding hydrogens is 186 g/mol. The summed E-state index contributed by atoms with van der Waals surface area (Å²) in [5.74, 6) is 0. The molecule has 0 aliphatic rings. The highest BCUT2D eigenvalue weighted by molar-refractivity contribution is 5.82. The summed E-state index contributed by atoms with van der Waals surface area (Å²) >= 11 is 0. The first-order chi connectivity index (χ1) is 6.89. The van der Waals surface area contributed by atoms with Crippen LogP contribution in [-0.2, 0) is 5.41 Å². The molecule has 0 saturated carbocycles. The first-order valence-electron chi connectivity index (χ1n) is 5.22. The minimum Gasteiger partial charge on any atom is -0.261 e. The molecule has 0 fully saturated rings. The van der Waals surface area contributed by atoms with Gasteiger partial charge in [0.05, 0.1) is 5.69 Å². The molecule has 0 aliphatic carbocycles. The van der Waals surface area contributed by atoms with Gasteiger partial charge in [0, 0.05) is 11.1 Å². The monoisotopic (exact) mass is 203 g/mol. The third-order valence-corrected chi connectivity index (χ3v) is 2.65. The van der Waals surface area contributed by atoms with Crippen LogP contribution in [0.3, 0.4) is 0 Å². The van der Waals surface area contributed by atoms with Gasteiger partial charge in [-0.1, -0.05) is 20.8 Å². The van der Waals surface area contributed by atoms with Crippen molar-refractivity contribution in [1.82, 2.24) is 15.2 Å². The van der Waals surface area contributed by atoms with Crippen LogP contribution in [0.4, 0.5) is 0 Å². The normalized spacial score (nSPS) is 12.3. The van der Waals surface area contributed by atoms with E-state index in [2.05, 4.69) is 42.0 Å². The molecule has 0 aromatic carbocycles. The molecule has 0 unspecified atom stereocenters. The lowest BCUT2D eigenvalue weighted by molar-refractivity contribution is 0.594. The molecule has 0 radical (unpaired) electrons. The number of aromatic nitrogens is 3. The summed E-state index contributed by atoms with van der Waals surface area (Å²) in [5.41, 5.74) is 4.41. The van der Waals surface area contributed by atoms with Crippen LogP contribution < -0.4 is 0 Å². The van der Waals surface area contributed by atoms with E-state index < -0.39 is 0 Å². The van der Waals surface area contributed by atoms with Crippen molar-refractivity contribution < 1.29 is 0 Å². The number of nitrogens with one attached hydrogen (secondary N) is 1. The third kappa shape index (κ3) is 1.62. The van der Waals surface area contributed by atoms with Crippen LogP contribution >= 0.6 is 0 Å². The SMILES string of the molecule is Cc1cc(C(C)(C)C)c2c(C)n[nH]c2n1. The van der Waals surface area contributed by atoms with E-state index in [0.717, 1.165) is 17.0 Å². The number of rotatable bonds is 0. The molecular formula is C12H17N3. The van der Waals surface area contributed by atoms with Gasteiger partial charge < -0.3 is 0 Å². The quantitative estimate of drug-likeness (QED) is 0.715. The van der Waals surface area contributed by atoms with Crippen LogP contribution in [0.1, 0.15) is 37.7 Å². The molecule has 2 heterocycles. The van der Waals surface area contributed by atoms with E-state index >= 15 is 0 Å². The fraction of sp³-hybridized carbons (Fsp3) is 0.500. The number of pyridine rings is 1. The third-order valence-electron chi connectivity index (χ3n) is 2.65. The van der Waals surface area contributed by atoms with E-state index in [-0.39, 0.29) is 5.41 Å². The van der Waals surface area contributed by atoms with E-state index in [1.807, 2.05) is 13.8 Å². The summed E-state index contributed by atoms with van der Waals surface area (Å²) in [6, 6.07) is 2.16. The Morgan fingerprint density at radius 2 is 1.87 bits per heavy atom. The topological polar surface area (TPSA) is 41.6 Å². The summed E-state index contributed by atoms with van der Waals surface area (Å²) in [7, 11) is 0. The number of H-pyrrole nitrogens is 1. The Balaban J connectivity index is 2.87. The van der Waals surface area contributed by atoms with Crippen LogP contribution in [0.15, 0.2) is 6.07 Å². The molecule has 0 bridgehead atoms. The summed E-state index contributed by atoms with van der Waals surface area (Å²) in [5, 5.41) is 8.38. The Kier molecular flexibility index (Phi) is 2.07. The van der Waals surface area contributed by atoms with Crippen LogP contribution in [0.5, 0.6) is 0 Å². The summed E-state index contributed by atoms with van der Waals surface area (Å²) in [6.07, 6.45) is 0. The Hall–Kier alpha value is -1.38.